The van der Waals surface area contributed by atoms with Gasteiger partial charge in [0.2, 0.25) is 11.0 Å². The predicted molar refractivity (Wildman–Crippen MR) is 136 cm³/mol. The van der Waals surface area contributed by atoms with Crippen molar-refractivity contribution in [3.05, 3.63) is 75.4 Å². The Bertz CT molecular complexity index is 1250. The van der Waals surface area contributed by atoms with Crippen LogP contribution in [0.4, 0.5) is 9.52 Å². The first-order valence-electron chi connectivity index (χ1n) is 9.39. The highest BCUT2D eigenvalue weighted by Gasteiger charge is 2.33. The van der Waals surface area contributed by atoms with Gasteiger partial charge in [-0.1, -0.05) is 89.0 Å². The molecule has 2 aromatic carbocycles. The smallest absolute Gasteiger partial charge is 0.266 e. The molecule has 33 heavy (non-hydrogen) atoms. The van der Waals surface area contributed by atoms with Gasteiger partial charge in [-0.15, -0.1) is 10.2 Å². The van der Waals surface area contributed by atoms with Crippen LogP contribution in [0.2, 0.25) is 5.02 Å². The zero-order valence-electron chi connectivity index (χ0n) is 16.7. The molecular weight excluding hydrogens is 523 g/mol. The van der Waals surface area contributed by atoms with Gasteiger partial charge in [0.1, 0.15) is 16.7 Å². The number of halogens is 2. The molecular formula is C21H14ClFN4O2S4. The first-order chi connectivity index (χ1) is 15.9. The van der Waals surface area contributed by atoms with Crippen molar-refractivity contribution in [2.24, 2.45) is 0 Å². The van der Waals surface area contributed by atoms with E-state index in [0.29, 0.717) is 30.7 Å². The molecule has 0 saturated carbocycles. The largest absolute Gasteiger partial charge is 0.299 e. The predicted octanol–water partition coefficient (Wildman–Crippen LogP) is 5.46. The van der Waals surface area contributed by atoms with Gasteiger partial charge in [-0.25, -0.2) is 4.39 Å². The maximum atomic E-state index is 13.1. The fourth-order valence-corrected chi connectivity index (χ4v) is 6.03. The average molecular weight is 537 g/mol. The van der Waals surface area contributed by atoms with E-state index >= 15 is 0 Å². The summed E-state index contributed by atoms with van der Waals surface area (Å²) in [5.41, 5.74) is 1.64. The SMILES string of the molecule is O=C(CN1C(=O)/C(=C/c2ccc(F)cc2)SC1=S)Nc1nnc(SCc2ccccc2Cl)s1. The van der Waals surface area contributed by atoms with Crippen molar-refractivity contribution in [2.75, 3.05) is 11.9 Å². The van der Waals surface area contributed by atoms with Crippen LogP contribution in [0.5, 0.6) is 0 Å². The summed E-state index contributed by atoms with van der Waals surface area (Å²) < 4.78 is 14.0. The van der Waals surface area contributed by atoms with E-state index < -0.39 is 5.91 Å². The highest BCUT2D eigenvalue weighted by molar-refractivity contribution is 8.26. The summed E-state index contributed by atoms with van der Waals surface area (Å²) in [5, 5.41) is 11.7. The molecule has 4 rings (SSSR count). The lowest BCUT2D eigenvalue weighted by molar-refractivity contribution is -0.126. The molecule has 1 aliphatic rings. The molecule has 1 aliphatic heterocycles. The number of aromatic nitrogens is 2. The van der Waals surface area contributed by atoms with Gasteiger partial charge in [-0.05, 0) is 35.4 Å². The van der Waals surface area contributed by atoms with E-state index in [2.05, 4.69) is 15.5 Å². The van der Waals surface area contributed by atoms with Crippen molar-refractivity contribution in [3.8, 4) is 0 Å². The third-order valence-corrected chi connectivity index (χ3v) is 8.07. The molecule has 0 atom stereocenters. The molecule has 1 saturated heterocycles. The Labute approximate surface area is 211 Å². The third kappa shape index (κ3) is 6.18. The number of hydrogen-bond acceptors (Lipinski definition) is 8. The second-order valence-corrected chi connectivity index (χ2v) is 10.9. The molecule has 1 N–H and O–H groups in total. The number of anilines is 1. The lowest BCUT2D eigenvalue weighted by Gasteiger charge is -2.13. The van der Waals surface area contributed by atoms with Crippen molar-refractivity contribution in [3.63, 3.8) is 0 Å². The molecule has 0 unspecified atom stereocenters. The van der Waals surface area contributed by atoms with Crippen molar-refractivity contribution >= 4 is 86.0 Å². The van der Waals surface area contributed by atoms with Crippen molar-refractivity contribution in [2.45, 2.75) is 10.1 Å². The molecule has 0 bridgehead atoms. The number of carbonyl (C=O) groups excluding carboxylic acids is 2. The topological polar surface area (TPSA) is 75.2 Å². The number of carbonyl (C=O) groups is 2. The number of thiocarbonyl (C=S) groups is 1. The standard InChI is InChI=1S/C21H14ClFN4O2S4/c22-15-4-2-1-3-13(15)11-31-20-26-25-19(33-20)24-17(28)10-27-18(29)16(32-21(27)30)9-12-5-7-14(23)8-6-12/h1-9H,10-11H2,(H,24,25,28)/b16-9-. The van der Waals surface area contributed by atoms with Gasteiger partial charge in [0.25, 0.3) is 5.91 Å². The Kier molecular flexibility index (Phi) is 7.76. The zero-order chi connectivity index (χ0) is 23.4. The van der Waals surface area contributed by atoms with E-state index in [9.17, 15) is 14.0 Å². The Morgan fingerprint density at radius 2 is 1.97 bits per heavy atom. The van der Waals surface area contributed by atoms with E-state index in [0.717, 1.165) is 17.3 Å². The molecule has 12 heteroatoms. The normalized spacial score (nSPS) is 14.8. The number of amides is 2. The van der Waals surface area contributed by atoms with Crippen LogP contribution >= 0.6 is 58.7 Å². The summed E-state index contributed by atoms with van der Waals surface area (Å²) >= 11 is 15.2. The van der Waals surface area contributed by atoms with Gasteiger partial charge < -0.3 is 0 Å². The minimum atomic E-state index is -0.437. The highest BCUT2D eigenvalue weighted by atomic mass is 35.5. The van der Waals surface area contributed by atoms with Crippen LogP contribution in [-0.4, -0.2) is 37.8 Å². The summed E-state index contributed by atoms with van der Waals surface area (Å²) in [6.45, 7) is -0.243. The highest BCUT2D eigenvalue weighted by Crippen LogP contribution is 2.33. The van der Waals surface area contributed by atoms with Crippen LogP contribution in [-0.2, 0) is 15.3 Å². The van der Waals surface area contributed by atoms with Crippen molar-refractivity contribution in [1.29, 1.82) is 0 Å². The van der Waals surface area contributed by atoms with E-state index in [-0.39, 0.29) is 22.6 Å². The number of thioether (sulfide) groups is 2. The maximum Gasteiger partial charge on any atom is 0.266 e. The number of rotatable bonds is 7. The molecule has 0 aliphatic carbocycles. The summed E-state index contributed by atoms with van der Waals surface area (Å²) in [4.78, 5) is 26.7. The first kappa shape index (κ1) is 23.8. The van der Waals surface area contributed by atoms with E-state index in [1.54, 1.807) is 18.2 Å². The van der Waals surface area contributed by atoms with E-state index in [1.165, 1.54) is 40.1 Å². The van der Waals surface area contributed by atoms with Gasteiger partial charge in [0.05, 0.1) is 4.91 Å². The Morgan fingerprint density at radius 3 is 2.73 bits per heavy atom. The molecule has 168 valence electrons. The Hall–Kier alpha value is -2.31. The summed E-state index contributed by atoms with van der Waals surface area (Å²) in [6.07, 6.45) is 1.61. The zero-order valence-corrected chi connectivity index (χ0v) is 20.7. The molecule has 0 spiro atoms. The fourth-order valence-electron chi connectivity index (χ4n) is 2.72. The van der Waals surface area contributed by atoms with Gasteiger partial charge >= 0.3 is 0 Å². The summed E-state index contributed by atoms with van der Waals surface area (Å²) in [6, 6.07) is 13.3. The van der Waals surface area contributed by atoms with Crippen LogP contribution in [0.15, 0.2) is 57.8 Å². The van der Waals surface area contributed by atoms with Gasteiger partial charge in [0.15, 0.2) is 4.34 Å². The second kappa shape index (κ2) is 10.7. The minimum absolute atomic E-state index is 0.243. The summed E-state index contributed by atoms with van der Waals surface area (Å²) in [7, 11) is 0. The fraction of sp³-hybridized carbons (Fsp3) is 0.0952. The maximum absolute atomic E-state index is 13.1. The van der Waals surface area contributed by atoms with Gasteiger partial charge in [0, 0.05) is 10.8 Å². The Balaban J connectivity index is 1.33. The van der Waals surface area contributed by atoms with E-state index in [4.69, 9.17) is 23.8 Å². The van der Waals surface area contributed by atoms with Crippen molar-refractivity contribution < 1.29 is 14.0 Å². The molecule has 0 radical (unpaired) electrons. The lowest BCUT2D eigenvalue weighted by atomic mass is 10.2. The molecule has 1 aromatic heterocycles. The first-order valence-corrected chi connectivity index (χ1v) is 12.8. The van der Waals surface area contributed by atoms with Crippen LogP contribution in [0.3, 0.4) is 0 Å². The second-order valence-electron chi connectivity index (χ2n) is 6.62. The van der Waals surface area contributed by atoms with Crippen LogP contribution in [0, 0.1) is 5.82 Å². The van der Waals surface area contributed by atoms with Crippen LogP contribution in [0.25, 0.3) is 6.08 Å². The van der Waals surface area contributed by atoms with Crippen LogP contribution in [0.1, 0.15) is 11.1 Å². The summed E-state index contributed by atoms with van der Waals surface area (Å²) in [5.74, 6) is -0.552. The minimum Gasteiger partial charge on any atom is -0.299 e. The lowest BCUT2D eigenvalue weighted by Crippen LogP contribution is -2.36. The average Bonchev–Trinajstić information content (AvgIpc) is 3.34. The molecule has 6 nitrogen and oxygen atoms in total. The van der Waals surface area contributed by atoms with E-state index in [1.807, 2.05) is 24.3 Å². The molecule has 3 aromatic rings. The van der Waals surface area contributed by atoms with Crippen LogP contribution < -0.4 is 5.32 Å². The number of benzene rings is 2. The molecule has 2 amide bonds. The number of nitrogens with zero attached hydrogens (tertiary/aromatic N) is 3. The van der Waals surface area contributed by atoms with Crippen molar-refractivity contribution in [1.82, 2.24) is 15.1 Å². The number of nitrogens with one attached hydrogen (secondary N) is 1. The number of hydrogen-bond donors (Lipinski definition) is 1. The molecule has 1 fully saturated rings. The Morgan fingerprint density at radius 1 is 1.21 bits per heavy atom. The van der Waals surface area contributed by atoms with Gasteiger partial charge in [-0.3, -0.25) is 19.8 Å². The third-order valence-electron chi connectivity index (χ3n) is 4.30. The monoisotopic (exact) mass is 536 g/mol. The van der Waals surface area contributed by atoms with Gasteiger partial charge in [-0.2, -0.15) is 0 Å². The molecule has 2 heterocycles. The quantitative estimate of drug-likeness (QED) is 0.186.